The van der Waals surface area contributed by atoms with Crippen molar-refractivity contribution in [1.82, 2.24) is 0 Å². The molecule has 0 aliphatic rings. The zero-order valence-electron chi connectivity index (χ0n) is 10.3. The van der Waals surface area contributed by atoms with Gasteiger partial charge in [0.25, 0.3) is 0 Å². The Balaban J connectivity index is 2.95. The number of benzene rings is 1. The molecule has 1 unspecified atom stereocenters. The molecule has 0 aliphatic carbocycles. The highest BCUT2D eigenvalue weighted by Gasteiger charge is 2.34. The fourth-order valence-corrected chi connectivity index (χ4v) is 1.66. The van der Waals surface area contributed by atoms with E-state index in [2.05, 4.69) is 0 Å². The van der Waals surface area contributed by atoms with Gasteiger partial charge in [-0.1, -0.05) is 38.1 Å². The van der Waals surface area contributed by atoms with Gasteiger partial charge in [0.2, 0.25) is 0 Å². The maximum absolute atomic E-state index is 10.8. The molecule has 0 aliphatic heterocycles. The van der Waals surface area contributed by atoms with Crippen molar-refractivity contribution in [3.8, 4) is 0 Å². The number of carbonyl (C=O) groups is 1. The van der Waals surface area contributed by atoms with Crippen molar-refractivity contribution in [1.29, 1.82) is 0 Å². The molecule has 0 spiro atoms. The van der Waals surface area contributed by atoms with Crippen LogP contribution in [0.1, 0.15) is 25.0 Å². The first-order valence-electron chi connectivity index (χ1n) is 5.39. The number of ether oxygens (including phenoxy) is 1. The molecule has 0 aromatic heterocycles. The van der Waals surface area contributed by atoms with Gasteiger partial charge < -0.3 is 14.9 Å². The number of carboxylic acids is 1. The Bertz CT molecular complexity index is 381. The van der Waals surface area contributed by atoms with Crippen molar-refractivity contribution in [2.45, 2.75) is 32.0 Å². The summed E-state index contributed by atoms with van der Waals surface area (Å²) in [6.45, 7) is 3.93. The Morgan fingerprint density at radius 3 is 2.29 bits per heavy atom. The van der Waals surface area contributed by atoms with Crippen LogP contribution < -0.4 is 0 Å². The van der Waals surface area contributed by atoms with Crippen molar-refractivity contribution >= 4 is 5.97 Å². The molecule has 2 N–H and O–H groups in total. The Morgan fingerprint density at radius 1 is 1.35 bits per heavy atom. The molecule has 0 fully saturated rings. The second kappa shape index (κ2) is 5.29. The van der Waals surface area contributed by atoms with Gasteiger partial charge in [0.1, 0.15) is 0 Å². The monoisotopic (exact) mass is 238 g/mol. The summed E-state index contributed by atoms with van der Waals surface area (Å²) in [6.07, 6.45) is -1.42. The highest BCUT2D eigenvalue weighted by atomic mass is 16.5. The highest BCUT2D eigenvalue weighted by Crippen LogP contribution is 2.27. The van der Waals surface area contributed by atoms with Gasteiger partial charge in [-0.3, -0.25) is 0 Å². The summed E-state index contributed by atoms with van der Waals surface area (Å²) in [5, 5.41) is 18.5. The summed E-state index contributed by atoms with van der Waals surface area (Å²) in [6, 6.07) is 7.38. The van der Waals surface area contributed by atoms with E-state index in [4.69, 9.17) is 9.84 Å². The van der Waals surface area contributed by atoms with E-state index < -0.39 is 17.5 Å². The van der Waals surface area contributed by atoms with Crippen LogP contribution in [0.15, 0.2) is 24.3 Å². The molecular weight excluding hydrogens is 220 g/mol. The SMILES string of the molecule is COCc1ccc(C(C)(C)C(O)C(=O)O)cc1. The summed E-state index contributed by atoms with van der Waals surface area (Å²) in [4.78, 5) is 10.8. The second-order valence-corrected chi connectivity index (χ2v) is 4.59. The largest absolute Gasteiger partial charge is 0.479 e. The minimum atomic E-state index is -1.42. The Morgan fingerprint density at radius 2 is 1.88 bits per heavy atom. The molecule has 4 nitrogen and oxygen atoms in total. The molecule has 1 aromatic rings. The van der Waals surface area contributed by atoms with Crippen LogP contribution in [0.3, 0.4) is 0 Å². The van der Waals surface area contributed by atoms with E-state index in [0.29, 0.717) is 6.61 Å². The number of aliphatic carboxylic acids is 1. The first-order valence-corrected chi connectivity index (χ1v) is 5.39. The molecule has 0 saturated carbocycles. The van der Waals surface area contributed by atoms with E-state index in [1.807, 2.05) is 24.3 Å². The summed E-state index contributed by atoms with van der Waals surface area (Å²) < 4.78 is 5.00. The highest BCUT2D eigenvalue weighted by molar-refractivity contribution is 5.74. The number of aliphatic hydroxyl groups is 1. The first-order chi connectivity index (χ1) is 7.89. The lowest BCUT2D eigenvalue weighted by Crippen LogP contribution is -2.39. The first kappa shape index (κ1) is 13.7. The van der Waals surface area contributed by atoms with E-state index in [0.717, 1.165) is 11.1 Å². The molecule has 0 bridgehead atoms. The number of methoxy groups -OCH3 is 1. The third kappa shape index (κ3) is 3.05. The predicted molar refractivity (Wildman–Crippen MR) is 63.8 cm³/mol. The fourth-order valence-electron chi connectivity index (χ4n) is 1.66. The van der Waals surface area contributed by atoms with Crippen LogP contribution >= 0.6 is 0 Å². The molecule has 0 amide bonds. The third-order valence-electron chi connectivity index (χ3n) is 2.93. The Hall–Kier alpha value is -1.39. The topological polar surface area (TPSA) is 66.8 Å². The zero-order valence-corrected chi connectivity index (χ0v) is 10.3. The molecule has 1 rings (SSSR count). The van der Waals surface area contributed by atoms with Gasteiger partial charge in [-0.25, -0.2) is 4.79 Å². The van der Waals surface area contributed by atoms with Gasteiger partial charge in [-0.2, -0.15) is 0 Å². The van der Waals surface area contributed by atoms with Crippen LogP contribution in [-0.4, -0.2) is 29.4 Å². The Labute approximate surface area is 101 Å². The van der Waals surface area contributed by atoms with Gasteiger partial charge in [0, 0.05) is 12.5 Å². The minimum absolute atomic E-state index is 0.516. The maximum atomic E-state index is 10.8. The van der Waals surface area contributed by atoms with Crippen LogP contribution in [0.25, 0.3) is 0 Å². The average molecular weight is 238 g/mol. The lowest BCUT2D eigenvalue weighted by molar-refractivity contribution is -0.150. The fraction of sp³-hybridized carbons (Fsp3) is 0.462. The summed E-state index contributed by atoms with van der Waals surface area (Å²) in [7, 11) is 1.62. The van der Waals surface area contributed by atoms with Crippen LogP contribution in [0.4, 0.5) is 0 Å². The summed E-state index contributed by atoms with van der Waals surface area (Å²) in [5.41, 5.74) is 0.973. The number of carboxylic acid groups (broad SMARTS) is 1. The normalized spacial score (nSPS) is 13.4. The van der Waals surface area contributed by atoms with Gasteiger partial charge in [-0.15, -0.1) is 0 Å². The maximum Gasteiger partial charge on any atom is 0.333 e. The average Bonchev–Trinajstić information content (AvgIpc) is 2.29. The number of aliphatic hydroxyl groups excluding tert-OH is 1. The molecule has 1 aromatic carbocycles. The van der Waals surface area contributed by atoms with Crippen molar-refractivity contribution < 1.29 is 19.7 Å². The van der Waals surface area contributed by atoms with Gasteiger partial charge >= 0.3 is 5.97 Å². The van der Waals surface area contributed by atoms with Gasteiger partial charge in [0.05, 0.1) is 6.61 Å². The standard InChI is InChI=1S/C13H18O4/c1-13(2,11(14)12(15)16)10-6-4-9(5-7-10)8-17-3/h4-7,11,14H,8H2,1-3H3,(H,15,16). The van der Waals surface area contributed by atoms with E-state index in [9.17, 15) is 9.90 Å². The Kier molecular flexibility index (Phi) is 4.26. The van der Waals surface area contributed by atoms with E-state index in [1.165, 1.54) is 0 Å². The summed E-state index contributed by atoms with van der Waals surface area (Å²) in [5.74, 6) is -1.21. The molecule has 94 valence electrons. The van der Waals surface area contributed by atoms with E-state index in [1.54, 1.807) is 21.0 Å². The van der Waals surface area contributed by atoms with Crippen molar-refractivity contribution in [3.05, 3.63) is 35.4 Å². The quantitative estimate of drug-likeness (QED) is 0.817. The van der Waals surface area contributed by atoms with E-state index in [-0.39, 0.29) is 0 Å². The number of hydrogen-bond donors (Lipinski definition) is 2. The van der Waals surface area contributed by atoms with Crippen LogP contribution in [0, 0.1) is 0 Å². The van der Waals surface area contributed by atoms with Gasteiger partial charge in [0.15, 0.2) is 6.10 Å². The van der Waals surface area contributed by atoms with Crippen molar-refractivity contribution in [3.63, 3.8) is 0 Å². The second-order valence-electron chi connectivity index (χ2n) is 4.59. The molecule has 0 saturated heterocycles. The third-order valence-corrected chi connectivity index (χ3v) is 2.93. The minimum Gasteiger partial charge on any atom is -0.479 e. The number of rotatable bonds is 5. The van der Waals surface area contributed by atoms with Crippen LogP contribution in [0.2, 0.25) is 0 Å². The number of hydrogen-bond acceptors (Lipinski definition) is 3. The van der Waals surface area contributed by atoms with Crippen LogP contribution in [-0.2, 0) is 21.6 Å². The molecule has 1 atom stereocenters. The lowest BCUT2D eigenvalue weighted by Gasteiger charge is -2.28. The smallest absolute Gasteiger partial charge is 0.333 e. The lowest BCUT2D eigenvalue weighted by atomic mass is 9.79. The molecule has 4 heteroatoms. The molecule has 17 heavy (non-hydrogen) atoms. The molecule has 0 radical (unpaired) electrons. The summed E-state index contributed by atoms with van der Waals surface area (Å²) >= 11 is 0. The molecule has 0 heterocycles. The predicted octanol–water partition coefficient (Wildman–Crippen LogP) is 1.56. The van der Waals surface area contributed by atoms with Crippen molar-refractivity contribution in [2.24, 2.45) is 0 Å². The van der Waals surface area contributed by atoms with Crippen LogP contribution in [0.5, 0.6) is 0 Å². The van der Waals surface area contributed by atoms with Crippen molar-refractivity contribution in [2.75, 3.05) is 7.11 Å². The zero-order chi connectivity index (χ0) is 13.1. The van der Waals surface area contributed by atoms with E-state index >= 15 is 0 Å². The molecular formula is C13H18O4. The van der Waals surface area contributed by atoms with Gasteiger partial charge in [-0.05, 0) is 11.1 Å².